The summed E-state index contributed by atoms with van der Waals surface area (Å²) in [6.07, 6.45) is 0. The second-order valence-corrected chi connectivity index (χ2v) is 20.6. The zero-order valence-corrected chi connectivity index (χ0v) is 41.9. The molecule has 0 atom stereocenters. The predicted octanol–water partition coefficient (Wildman–Crippen LogP) is 19.1. The fourth-order valence-electron chi connectivity index (χ4n) is 13.7. The van der Waals surface area contributed by atoms with Crippen LogP contribution in [-0.4, -0.2) is 0 Å². The molecule has 4 aliphatic rings. The summed E-state index contributed by atoms with van der Waals surface area (Å²) in [6.45, 7) is 0. The number of anilines is 3. The highest BCUT2D eigenvalue weighted by Gasteiger charge is 2.52. The first kappa shape index (κ1) is 43.4. The lowest BCUT2D eigenvalue weighted by molar-refractivity contribution is 0.436. The fourth-order valence-corrected chi connectivity index (χ4v) is 13.7. The number of ether oxygens (including phenoxy) is 2. The molecule has 0 radical (unpaired) electrons. The first-order valence-corrected chi connectivity index (χ1v) is 26.6. The topological polar surface area (TPSA) is 21.7 Å². The van der Waals surface area contributed by atoms with E-state index in [4.69, 9.17) is 9.47 Å². The molecule has 12 aromatic rings. The Morgan fingerprint density at radius 3 is 1.12 bits per heavy atom. The van der Waals surface area contributed by atoms with E-state index in [1.807, 2.05) is 0 Å². The molecule has 0 N–H and O–H groups in total. The maximum Gasteiger partial charge on any atom is 0.132 e. The van der Waals surface area contributed by atoms with Gasteiger partial charge in [0.25, 0.3) is 0 Å². The van der Waals surface area contributed by atoms with E-state index in [1.54, 1.807) is 0 Å². The van der Waals surface area contributed by atoms with E-state index in [-0.39, 0.29) is 0 Å². The lowest BCUT2D eigenvalue weighted by Gasteiger charge is -2.39. The standard InChI is InChI=1S/C74H47NO2/c1-2-19-49(20-3-1)55-23-6-13-32-68(55)75(53-41-37-48(38-42-53)51-39-43-58-56-24-4-7-26-60(56)73(66(58)46-51)62-28-9-14-33-69(62)76-70-34-15-10-29-63(70)73)54-22-18-21-50(45-54)52-40-44-59-57-25-5-8-27-61(57)74(67(59)47-52)64-30-11-16-35-71(64)77-72-36-17-12-31-65(72)74/h1-47H. The average Bonchev–Trinajstić information content (AvgIpc) is 4.14. The van der Waals surface area contributed by atoms with Gasteiger partial charge in [-0.2, -0.15) is 0 Å². The number of fused-ring (bicyclic) bond motifs is 18. The van der Waals surface area contributed by atoms with Crippen molar-refractivity contribution in [2.24, 2.45) is 0 Å². The van der Waals surface area contributed by atoms with Gasteiger partial charge >= 0.3 is 0 Å². The van der Waals surface area contributed by atoms with Gasteiger partial charge in [0, 0.05) is 39.2 Å². The Morgan fingerprint density at radius 1 is 0.221 bits per heavy atom. The Hall–Kier alpha value is -9.96. The normalized spacial score (nSPS) is 13.9. The molecule has 12 aromatic carbocycles. The molecule has 0 fully saturated rings. The van der Waals surface area contributed by atoms with Gasteiger partial charge in [-0.25, -0.2) is 0 Å². The van der Waals surface area contributed by atoms with Crippen molar-refractivity contribution in [2.75, 3.05) is 4.90 Å². The van der Waals surface area contributed by atoms with E-state index in [9.17, 15) is 0 Å². The van der Waals surface area contributed by atoms with E-state index < -0.39 is 10.8 Å². The summed E-state index contributed by atoms with van der Waals surface area (Å²) in [4.78, 5) is 2.43. The summed E-state index contributed by atoms with van der Waals surface area (Å²) in [5.41, 5.74) is 23.8. The van der Waals surface area contributed by atoms with Crippen LogP contribution < -0.4 is 14.4 Å². The minimum atomic E-state index is -0.559. The molecule has 2 aliphatic heterocycles. The summed E-state index contributed by atoms with van der Waals surface area (Å²) >= 11 is 0. The quantitative estimate of drug-likeness (QED) is 0.166. The molecule has 0 aromatic heterocycles. The smallest absolute Gasteiger partial charge is 0.132 e. The second-order valence-electron chi connectivity index (χ2n) is 20.6. The van der Waals surface area contributed by atoms with Crippen molar-refractivity contribution in [1.82, 2.24) is 0 Å². The van der Waals surface area contributed by atoms with Gasteiger partial charge < -0.3 is 14.4 Å². The van der Waals surface area contributed by atoms with Crippen molar-refractivity contribution in [3.63, 3.8) is 0 Å². The third-order valence-electron chi connectivity index (χ3n) is 16.8. The highest BCUT2D eigenvalue weighted by Crippen LogP contribution is 2.64. The Morgan fingerprint density at radius 2 is 0.597 bits per heavy atom. The van der Waals surface area contributed by atoms with E-state index in [2.05, 4.69) is 290 Å². The van der Waals surface area contributed by atoms with Crippen LogP contribution in [0.4, 0.5) is 17.1 Å². The Balaban J connectivity index is 0.841. The zero-order valence-electron chi connectivity index (χ0n) is 41.9. The third-order valence-corrected chi connectivity index (χ3v) is 16.8. The minimum absolute atomic E-state index is 0.542. The van der Waals surface area contributed by atoms with Crippen molar-refractivity contribution in [2.45, 2.75) is 10.8 Å². The molecule has 0 unspecified atom stereocenters. The largest absolute Gasteiger partial charge is 0.457 e. The maximum atomic E-state index is 6.68. The van der Waals surface area contributed by atoms with Crippen LogP contribution in [0.25, 0.3) is 55.6 Å². The Kier molecular flexibility index (Phi) is 9.47. The number of para-hydroxylation sites is 5. The molecule has 0 amide bonds. The SMILES string of the molecule is c1ccc(-c2ccccc2N(c2ccc(-c3ccc4c(c3)C3(c5ccccc5Oc5ccccc53)c3ccccc3-4)cc2)c2cccc(-c3ccc4c(c3)C3(c5ccccc5Oc5ccccc53)c3ccccc3-4)c2)cc1. The molecule has 77 heavy (non-hydrogen) atoms. The van der Waals surface area contributed by atoms with E-state index in [0.29, 0.717) is 0 Å². The van der Waals surface area contributed by atoms with Crippen molar-refractivity contribution in [3.8, 4) is 78.6 Å². The number of hydrogen-bond acceptors (Lipinski definition) is 3. The molecule has 0 saturated heterocycles. The van der Waals surface area contributed by atoms with Crippen molar-refractivity contribution in [1.29, 1.82) is 0 Å². The molecule has 2 aliphatic carbocycles. The van der Waals surface area contributed by atoms with E-state index >= 15 is 0 Å². The fraction of sp³-hybridized carbons (Fsp3) is 0.0270. The van der Waals surface area contributed by atoms with Crippen LogP contribution in [0, 0.1) is 0 Å². The van der Waals surface area contributed by atoms with Crippen LogP contribution in [0.1, 0.15) is 44.5 Å². The van der Waals surface area contributed by atoms with Crippen LogP contribution in [0.15, 0.2) is 285 Å². The second kappa shape index (κ2) is 16.8. The lowest BCUT2D eigenvalue weighted by atomic mass is 9.66. The first-order valence-electron chi connectivity index (χ1n) is 26.6. The van der Waals surface area contributed by atoms with Gasteiger partial charge in [-0.15, -0.1) is 0 Å². The van der Waals surface area contributed by atoms with Crippen molar-refractivity contribution < 1.29 is 9.47 Å². The number of hydrogen-bond donors (Lipinski definition) is 0. The van der Waals surface area contributed by atoms with Crippen LogP contribution in [0.5, 0.6) is 23.0 Å². The van der Waals surface area contributed by atoms with Gasteiger partial charge in [0.15, 0.2) is 0 Å². The average molecular weight is 982 g/mol. The maximum absolute atomic E-state index is 6.68. The first-order chi connectivity index (χ1) is 38.2. The van der Waals surface area contributed by atoms with Crippen LogP contribution >= 0.6 is 0 Å². The molecule has 2 spiro atoms. The van der Waals surface area contributed by atoms with E-state index in [0.717, 1.165) is 95.7 Å². The highest BCUT2D eigenvalue weighted by atomic mass is 16.5. The minimum Gasteiger partial charge on any atom is -0.457 e. The van der Waals surface area contributed by atoms with Gasteiger partial charge in [-0.1, -0.05) is 218 Å². The van der Waals surface area contributed by atoms with Gasteiger partial charge in [-0.3, -0.25) is 0 Å². The van der Waals surface area contributed by atoms with Gasteiger partial charge in [0.1, 0.15) is 23.0 Å². The molecule has 0 saturated carbocycles. The summed E-state index contributed by atoms with van der Waals surface area (Å²) in [5, 5.41) is 0. The molecule has 3 heteroatoms. The third kappa shape index (κ3) is 6.20. The summed E-state index contributed by atoms with van der Waals surface area (Å²) in [7, 11) is 0. The zero-order chi connectivity index (χ0) is 50.7. The van der Waals surface area contributed by atoms with Gasteiger partial charge in [0.2, 0.25) is 0 Å². The van der Waals surface area contributed by atoms with Crippen molar-refractivity contribution >= 4 is 17.1 Å². The van der Waals surface area contributed by atoms with Crippen molar-refractivity contribution in [3.05, 3.63) is 330 Å². The Labute approximate surface area is 448 Å². The highest BCUT2D eigenvalue weighted by molar-refractivity contribution is 5.94. The van der Waals surface area contributed by atoms with Crippen LogP contribution in [0.3, 0.4) is 0 Å². The molecule has 2 heterocycles. The predicted molar refractivity (Wildman–Crippen MR) is 312 cm³/mol. The molecule has 16 rings (SSSR count). The number of rotatable bonds is 6. The van der Waals surface area contributed by atoms with Crippen LogP contribution in [-0.2, 0) is 10.8 Å². The number of nitrogens with zero attached hydrogens (tertiary/aromatic N) is 1. The summed E-state index contributed by atoms with van der Waals surface area (Å²) in [6, 6.07) is 104. The lowest BCUT2D eigenvalue weighted by Crippen LogP contribution is -2.32. The number of benzene rings is 12. The summed E-state index contributed by atoms with van der Waals surface area (Å²) in [5.74, 6) is 3.57. The summed E-state index contributed by atoms with van der Waals surface area (Å²) < 4.78 is 13.3. The molecular weight excluding hydrogens is 935 g/mol. The van der Waals surface area contributed by atoms with Gasteiger partial charge in [-0.05, 0) is 139 Å². The Bertz CT molecular complexity index is 4270. The van der Waals surface area contributed by atoms with Gasteiger partial charge in [0.05, 0.1) is 16.5 Å². The molecular formula is C74H47NO2. The molecule has 3 nitrogen and oxygen atoms in total. The molecule has 0 bridgehead atoms. The van der Waals surface area contributed by atoms with E-state index in [1.165, 1.54) is 44.5 Å². The van der Waals surface area contributed by atoms with Crippen LogP contribution in [0.2, 0.25) is 0 Å². The molecule has 360 valence electrons. The monoisotopic (exact) mass is 981 g/mol.